The van der Waals surface area contributed by atoms with Crippen LogP contribution in [0.25, 0.3) is 0 Å². The number of rotatable bonds is 6. The molecule has 2 aromatic rings. The summed E-state index contributed by atoms with van der Waals surface area (Å²) in [5, 5.41) is 13.4. The molecule has 1 amide bonds. The van der Waals surface area contributed by atoms with Crippen molar-refractivity contribution in [1.29, 1.82) is 0 Å². The Balaban J connectivity index is 1.71. The number of benzene rings is 1. The van der Waals surface area contributed by atoms with Crippen molar-refractivity contribution in [3.8, 4) is 0 Å². The minimum Gasteiger partial charge on any atom is -0.395 e. The highest BCUT2D eigenvalue weighted by Crippen LogP contribution is 2.16. The lowest BCUT2D eigenvalue weighted by atomic mass is 10.0. The Kier molecular flexibility index (Phi) is 5.59. The van der Waals surface area contributed by atoms with Crippen LogP contribution >= 0.6 is 0 Å². The van der Waals surface area contributed by atoms with Gasteiger partial charge in [0.2, 0.25) is 0 Å². The summed E-state index contributed by atoms with van der Waals surface area (Å²) in [5.74, 6) is -1.45. The minimum absolute atomic E-state index is 0.0894. The van der Waals surface area contributed by atoms with Crippen molar-refractivity contribution in [3.63, 3.8) is 0 Å². The predicted molar refractivity (Wildman–Crippen MR) is 88.4 cm³/mol. The average molecular weight is 364 g/mol. The molecule has 1 aliphatic heterocycles. The number of hydrogen-bond acceptors (Lipinski definition) is 5. The van der Waals surface area contributed by atoms with E-state index in [1.54, 1.807) is 12.1 Å². The Morgan fingerprint density at radius 2 is 1.92 bits per heavy atom. The monoisotopic (exact) mass is 364 g/mol. The van der Waals surface area contributed by atoms with E-state index in [0.29, 0.717) is 13.2 Å². The summed E-state index contributed by atoms with van der Waals surface area (Å²) >= 11 is 0. The molecule has 0 spiro atoms. The normalized spacial score (nSPS) is 16.2. The SMILES string of the molecule is O=C(NC[C@H](c1ccc(F)cc1)[NH+]1CCOCC1)c1ccc([N+](=O)[O-])o1. The Morgan fingerprint density at radius 1 is 1.23 bits per heavy atom. The highest BCUT2D eigenvalue weighted by atomic mass is 19.1. The zero-order valence-electron chi connectivity index (χ0n) is 13.9. The van der Waals surface area contributed by atoms with Gasteiger partial charge in [0.25, 0.3) is 5.91 Å². The van der Waals surface area contributed by atoms with E-state index in [0.717, 1.165) is 24.7 Å². The summed E-state index contributed by atoms with van der Waals surface area (Å²) in [7, 11) is 0. The molecule has 26 heavy (non-hydrogen) atoms. The van der Waals surface area contributed by atoms with Gasteiger partial charge in [-0.3, -0.25) is 14.9 Å². The van der Waals surface area contributed by atoms with Crippen LogP contribution in [0.2, 0.25) is 0 Å². The third-order valence-corrected chi connectivity index (χ3v) is 4.36. The molecule has 0 saturated carbocycles. The second-order valence-electron chi connectivity index (χ2n) is 5.98. The Hall–Kier alpha value is -2.78. The van der Waals surface area contributed by atoms with Gasteiger partial charge in [-0.1, -0.05) is 12.1 Å². The molecule has 8 nitrogen and oxygen atoms in total. The van der Waals surface area contributed by atoms with Gasteiger partial charge in [0, 0.05) is 5.56 Å². The number of halogens is 1. The fourth-order valence-corrected chi connectivity index (χ4v) is 3.00. The van der Waals surface area contributed by atoms with Crippen molar-refractivity contribution in [2.75, 3.05) is 32.8 Å². The third-order valence-electron chi connectivity index (χ3n) is 4.36. The van der Waals surface area contributed by atoms with Crippen LogP contribution in [-0.4, -0.2) is 43.7 Å². The number of amides is 1. The van der Waals surface area contributed by atoms with E-state index in [-0.39, 0.29) is 24.2 Å². The molecule has 0 radical (unpaired) electrons. The average Bonchev–Trinajstić information content (AvgIpc) is 3.15. The van der Waals surface area contributed by atoms with Crippen LogP contribution in [0.4, 0.5) is 10.3 Å². The van der Waals surface area contributed by atoms with Gasteiger partial charge in [0.05, 0.1) is 25.8 Å². The Labute approximate surface area is 148 Å². The van der Waals surface area contributed by atoms with Crippen LogP contribution in [0, 0.1) is 15.9 Å². The molecule has 1 aromatic heterocycles. The van der Waals surface area contributed by atoms with Crippen molar-refractivity contribution in [2.45, 2.75) is 6.04 Å². The van der Waals surface area contributed by atoms with E-state index >= 15 is 0 Å². The Morgan fingerprint density at radius 3 is 2.54 bits per heavy atom. The molecule has 1 fully saturated rings. The van der Waals surface area contributed by atoms with Crippen molar-refractivity contribution in [3.05, 3.63) is 63.7 Å². The summed E-state index contributed by atoms with van der Waals surface area (Å²) in [6, 6.07) is 8.49. The van der Waals surface area contributed by atoms with E-state index in [1.165, 1.54) is 23.1 Å². The van der Waals surface area contributed by atoms with Gasteiger partial charge in [-0.05, 0) is 18.2 Å². The number of nitro groups is 1. The van der Waals surface area contributed by atoms with E-state index in [2.05, 4.69) is 5.32 Å². The summed E-state index contributed by atoms with van der Waals surface area (Å²) in [6.45, 7) is 3.05. The molecule has 2 heterocycles. The molecule has 1 saturated heterocycles. The van der Waals surface area contributed by atoms with E-state index in [9.17, 15) is 19.3 Å². The van der Waals surface area contributed by atoms with Crippen molar-refractivity contribution in [1.82, 2.24) is 5.32 Å². The van der Waals surface area contributed by atoms with Crippen molar-refractivity contribution >= 4 is 11.8 Å². The van der Waals surface area contributed by atoms with Crippen LogP contribution in [0.3, 0.4) is 0 Å². The number of carbonyl (C=O) groups excluding carboxylic acids is 1. The third kappa shape index (κ3) is 4.24. The standard InChI is InChI=1S/C17H18FN3O5/c18-13-3-1-12(2-4-13)14(20-7-9-25-10-8-20)11-19-17(22)15-5-6-16(26-15)21(23)24/h1-6,14H,7-11H2,(H,19,22)/p+1/t14-/m1/s1. The molecule has 1 aliphatic rings. The molecule has 2 N–H and O–H groups in total. The first-order valence-electron chi connectivity index (χ1n) is 8.25. The topological polar surface area (TPSA) is 99.0 Å². The fraction of sp³-hybridized carbons (Fsp3) is 0.353. The highest BCUT2D eigenvalue weighted by Gasteiger charge is 2.27. The van der Waals surface area contributed by atoms with E-state index in [4.69, 9.17) is 9.15 Å². The first-order chi connectivity index (χ1) is 12.5. The predicted octanol–water partition coefficient (Wildman–Crippen LogP) is 0.713. The first-order valence-corrected chi connectivity index (χ1v) is 8.25. The highest BCUT2D eigenvalue weighted by molar-refractivity contribution is 5.91. The summed E-state index contributed by atoms with van der Waals surface area (Å²) in [4.78, 5) is 23.4. The van der Waals surface area contributed by atoms with Crippen LogP contribution in [0.1, 0.15) is 22.2 Å². The van der Waals surface area contributed by atoms with Gasteiger partial charge < -0.3 is 19.4 Å². The van der Waals surface area contributed by atoms with Crippen LogP contribution < -0.4 is 10.2 Å². The minimum atomic E-state index is -0.698. The van der Waals surface area contributed by atoms with Gasteiger partial charge in [-0.25, -0.2) is 4.39 Å². The lowest BCUT2D eigenvalue weighted by molar-refractivity contribution is -0.937. The number of quaternary nitrogens is 1. The largest absolute Gasteiger partial charge is 0.433 e. The van der Waals surface area contributed by atoms with Crippen LogP contribution in [0.5, 0.6) is 0 Å². The summed E-state index contributed by atoms with van der Waals surface area (Å²) in [5.41, 5.74) is 0.897. The van der Waals surface area contributed by atoms with Gasteiger partial charge in [0.15, 0.2) is 5.76 Å². The Bertz CT molecular complexity index is 771. The quantitative estimate of drug-likeness (QED) is 0.581. The number of nitrogens with zero attached hydrogens (tertiary/aromatic N) is 1. The number of hydrogen-bond donors (Lipinski definition) is 2. The van der Waals surface area contributed by atoms with Gasteiger partial charge in [-0.2, -0.15) is 0 Å². The van der Waals surface area contributed by atoms with Gasteiger partial charge in [-0.15, -0.1) is 0 Å². The second kappa shape index (κ2) is 8.07. The molecular weight excluding hydrogens is 345 g/mol. The van der Waals surface area contributed by atoms with Crippen molar-refractivity contribution in [2.24, 2.45) is 0 Å². The zero-order valence-corrected chi connectivity index (χ0v) is 13.9. The van der Waals surface area contributed by atoms with Gasteiger partial charge in [0.1, 0.15) is 29.9 Å². The fourth-order valence-electron chi connectivity index (χ4n) is 3.00. The molecule has 138 valence electrons. The number of carbonyl (C=O) groups is 1. The lowest BCUT2D eigenvalue weighted by Gasteiger charge is -2.31. The molecule has 1 aromatic carbocycles. The molecular formula is C17H19FN3O5+. The van der Waals surface area contributed by atoms with E-state index in [1.807, 2.05) is 0 Å². The zero-order chi connectivity index (χ0) is 18.5. The number of ether oxygens (including phenoxy) is 1. The molecule has 1 atom stereocenters. The molecule has 0 aliphatic carbocycles. The lowest BCUT2D eigenvalue weighted by Crippen LogP contribution is -3.15. The summed E-state index contributed by atoms with van der Waals surface area (Å²) in [6.07, 6.45) is 0. The number of furan rings is 1. The molecule has 0 unspecified atom stereocenters. The smallest absolute Gasteiger partial charge is 0.395 e. The number of nitrogens with one attached hydrogen (secondary N) is 2. The maximum Gasteiger partial charge on any atom is 0.433 e. The first kappa shape index (κ1) is 18.0. The molecule has 0 bridgehead atoms. The van der Waals surface area contributed by atoms with E-state index < -0.39 is 16.7 Å². The second-order valence-corrected chi connectivity index (χ2v) is 5.98. The van der Waals surface area contributed by atoms with Crippen LogP contribution in [-0.2, 0) is 4.74 Å². The summed E-state index contributed by atoms with van der Waals surface area (Å²) < 4.78 is 23.5. The van der Waals surface area contributed by atoms with Gasteiger partial charge >= 0.3 is 5.88 Å². The van der Waals surface area contributed by atoms with Crippen LogP contribution in [0.15, 0.2) is 40.8 Å². The maximum absolute atomic E-state index is 13.2. The number of morpholine rings is 1. The molecule has 3 rings (SSSR count). The maximum atomic E-state index is 13.2. The van der Waals surface area contributed by atoms with Crippen molar-refractivity contribution < 1.29 is 28.2 Å². The molecule has 9 heteroatoms.